The molecule has 26 heavy (non-hydrogen) atoms. The highest BCUT2D eigenvalue weighted by Gasteiger charge is 2.40. The summed E-state index contributed by atoms with van der Waals surface area (Å²) in [5.41, 5.74) is 1.38. The number of likely N-dealkylation sites (tertiary alicyclic amines) is 1. The summed E-state index contributed by atoms with van der Waals surface area (Å²) in [5.74, 6) is 0.334. The Morgan fingerprint density at radius 3 is 2.62 bits per heavy atom. The lowest BCUT2D eigenvalue weighted by atomic mass is 9.88. The predicted octanol–water partition coefficient (Wildman–Crippen LogP) is 1.89. The van der Waals surface area contributed by atoms with Gasteiger partial charge >= 0.3 is 0 Å². The molecule has 2 aliphatic rings. The lowest BCUT2D eigenvalue weighted by Crippen LogP contribution is -2.53. The molecule has 0 radical (unpaired) electrons. The monoisotopic (exact) mass is 357 g/mol. The molecule has 3 heterocycles. The SMILES string of the molecule is Cc1onc(-c2ccc(F)cc2)c1C(=O)N1CCC2(CC1)CNC(=N)N2. The van der Waals surface area contributed by atoms with Crippen molar-refractivity contribution in [2.75, 3.05) is 19.6 Å². The number of hydrogen-bond acceptors (Lipinski definition) is 4. The second-order valence-corrected chi connectivity index (χ2v) is 6.90. The van der Waals surface area contributed by atoms with Crippen LogP contribution in [0.5, 0.6) is 0 Å². The molecule has 1 amide bonds. The van der Waals surface area contributed by atoms with Crippen molar-refractivity contribution in [1.29, 1.82) is 5.41 Å². The van der Waals surface area contributed by atoms with E-state index in [0.717, 1.165) is 12.8 Å². The molecule has 0 bridgehead atoms. The largest absolute Gasteiger partial charge is 0.360 e. The normalized spacial score (nSPS) is 18.7. The molecule has 8 heteroatoms. The van der Waals surface area contributed by atoms with Gasteiger partial charge < -0.3 is 20.1 Å². The molecule has 2 fully saturated rings. The maximum Gasteiger partial charge on any atom is 0.259 e. The Morgan fingerprint density at radius 1 is 1.31 bits per heavy atom. The van der Waals surface area contributed by atoms with Crippen LogP contribution in [0.15, 0.2) is 28.8 Å². The summed E-state index contributed by atoms with van der Waals surface area (Å²) >= 11 is 0. The summed E-state index contributed by atoms with van der Waals surface area (Å²) in [6.45, 7) is 3.60. The van der Waals surface area contributed by atoms with Crippen LogP contribution in [0.3, 0.4) is 0 Å². The Kier molecular flexibility index (Phi) is 3.90. The van der Waals surface area contributed by atoms with E-state index < -0.39 is 0 Å². The maximum absolute atomic E-state index is 13.2. The van der Waals surface area contributed by atoms with Gasteiger partial charge in [0, 0.05) is 25.2 Å². The zero-order valence-corrected chi connectivity index (χ0v) is 14.4. The Hall–Kier alpha value is -2.90. The Morgan fingerprint density at radius 2 is 2.00 bits per heavy atom. The first-order valence-corrected chi connectivity index (χ1v) is 8.60. The van der Waals surface area contributed by atoms with E-state index in [0.29, 0.717) is 48.2 Å². The van der Waals surface area contributed by atoms with Crippen LogP contribution >= 0.6 is 0 Å². The molecule has 136 valence electrons. The number of hydrogen-bond donors (Lipinski definition) is 3. The van der Waals surface area contributed by atoms with Crippen molar-refractivity contribution in [3.05, 3.63) is 41.4 Å². The molecule has 3 N–H and O–H groups in total. The minimum Gasteiger partial charge on any atom is -0.360 e. The van der Waals surface area contributed by atoms with Crippen LogP contribution in [0.1, 0.15) is 29.0 Å². The zero-order chi connectivity index (χ0) is 18.3. The van der Waals surface area contributed by atoms with Crippen molar-refractivity contribution < 1.29 is 13.7 Å². The van der Waals surface area contributed by atoms with E-state index in [1.165, 1.54) is 12.1 Å². The van der Waals surface area contributed by atoms with Crippen molar-refractivity contribution >= 4 is 11.9 Å². The predicted molar refractivity (Wildman–Crippen MR) is 93.4 cm³/mol. The maximum atomic E-state index is 13.2. The van der Waals surface area contributed by atoms with Gasteiger partial charge in [-0.15, -0.1) is 0 Å². The van der Waals surface area contributed by atoms with Gasteiger partial charge in [0.05, 0.1) is 5.54 Å². The Bertz CT molecular complexity index is 853. The van der Waals surface area contributed by atoms with Crippen LogP contribution in [-0.2, 0) is 0 Å². The molecule has 1 spiro atoms. The fourth-order valence-electron chi connectivity index (χ4n) is 3.64. The quantitative estimate of drug-likeness (QED) is 0.763. The topological polar surface area (TPSA) is 94.2 Å². The lowest BCUT2D eigenvalue weighted by Gasteiger charge is -2.38. The molecule has 7 nitrogen and oxygen atoms in total. The third kappa shape index (κ3) is 2.81. The first-order chi connectivity index (χ1) is 12.5. The van der Waals surface area contributed by atoms with Gasteiger partial charge in [0.2, 0.25) is 0 Å². The van der Waals surface area contributed by atoms with Gasteiger partial charge in [0.15, 0.2) is 5.96 Å². The zero-order valence-electron chi connectivity index (χ0n) is 14.4. The highest BCUT2D eigenvalue weighted by Crippen LogP contribution is 2.30. The first kappa shape index (κ1) is 16.6. The van der Waals surface area contributed by atoms with Crippen LogP contribution in [0.25, 0.3) is 11.3 Å². The minimum absolute atomic E-state index is 0.126. The first-order valence-electron chi connectivity index (χ1n) is 8.60. The number of aromatic nitrogens is 1. The van der Waals surface area contributed by atoms with Gasteiger partial charge in [0.25, 0.3) is 5.91 Å². The summed E-state index contributed by atoms with van der Waals surface area (Å²) in [4.78, 5) is 14.9. The van der Waals surface area contributed by atoms with Gasteiger partial charge in [-0.3, -0.25) is 10.2 Å². The number of rotatable bonds is 2. The van der Waals surface area contributed by atoms with Crippen LogP contribution in [0, 0.1) is 18.2 Å². The fourth-order valence-corrected chi connectivity index (χ4v) is 3.64. The molecular formula is C18H20FN5O2. The van der Waals surface area contributed by atoms with Crippen LogP contribution in [-0.4, -0.2) is 47.1 Å². The number of aryl methyl sites for hydroxylation is 1. The molecule has 2 aromatic rings. The third-order valence-electron chi connectivity index (χ3n) is 5.20. The van der Waals surface area contributed by atoms with E-state index in [2.05, 4.69) is 15.8 Å². The molecule has 1 aromatic carbocycles. The summed E-state index contributed by atoms with van der Waals surface area (Å²) < 4.78 is 18.4. The average molecular weight is 357 g/mol. The fraction of sp³-hybridized carbons (Fsp3) is 0.389. The number of carbonyl (C=O) groups excluding carboxylic acids is 1. The minimum atomic E-state index is -0.341. The Balaban J connectivity index is 1.55. The number of amides is 1. The molecular weight excluding hydrogens is 337 g/mol. The molecule has 4 rings (SSSR count). The molecule has 0 aliphatic carbocycles. The van der Waals surface area contributed by atoms with E-state index >= 15 is 0 Å². The highest BCUT2D eigenvalue weighted by molar-refractivity contribution is 6.00. The number of piperidine rings is 1. The molecule has 1 aromatic heterocycles. The summed E-state index contributed by atoms with van der Waals surface area (Å²) in [5, 5.41) is 17.9. The molecule has 0 atom stereocenters. The Labute approximate surface area is 150 Å². The number of nitrogens with zero attached hydrogens (tertiary/aromatic N) is 2. The number of guanidine groups is 1. The number of nitrogens with one attached hydrogen (secondary N) is 3. The van der Waals surface area contributed by atoms with Crippen molar-refractivity contribution in [3.8, 4) is 11.3 Å². The van der Waals surface area contributed by atoms with Crippen LogP contribution in [0.2, 0.25) is 0 Å². The third-order valence-corrected chi connectivity index (χ3v) is 5.20. The summed E-state index contributed by atoms with van der Waals surface area (Å²) in [6.07, 6.45) is 1.54. The smallest absolute Gasteiger partial charge is 0.259 e. The van der Waals surface area contributed by atoms with Gasteiger partial charge in [-0.2, -0.15) is 0 Å². The molecule has 2 aliphatic heterocycles. The molecule has 2 saturated heterocycles. The van der Waals surface area contributed by atoms with Crippen molar-refractivity contribution in [3.63, 3.8) is 0 Å². The average Bonchev–Trinajstić information content (AvgIpc) is 3.19. The van der Waals surface area contributed by atoms with Gasteiger partial charge in [-0.05, 0) is 44.0 Å². The van der Waals surface area contributed by atoms with Crippen molar-refractivity contribution in [2.24, 2.45) is 0 Å². The highest BCUT2D eigenvalue weighted by atomic mass is 19.1. The number of halogens is 1. The van der Waals surface area contributed by atoms with E-state index in [9.17, 15) is 9.18 Å². The number of benzene rings is 1. The van der Waals surface area contributed by atoms with E-state index in [4.69, 9.17) is 9.93 Å². The lowest BCUT2D eigenvalue weighted by molar-refractivity contribution is 0.0668. The molecule has 0 saturated carbocycles. The van der Waals surface area contributed by atoms with Gasteiger partial charge in [-0.25, -0.2) is 4.39 Å². The van der Waals surface area contributed by atoms with E-state index in [1.54, 1.807) is 24.0 Å². The molecule has 0 unspecified atom stereocenters. The van der Waals surface area contributed by atoms with Crippen LogP contribution in [0.4, 0.5) is 4.39 Å². The second-order valence-electron chi connectivity index (χ2n) is 6.90. The summed E-state index contributed by atoms with van der Waals surface area (Å²) in [7, 11) is 0. The number of carbonyl (C=O) groups is 1. The van der Waals surface area contributed by atoms with Crippen molar-refractivity contribution in [2.45, 2.75) is 25.3 Å². The van der Waals surface area contributed by atoms with Gasteiger partial charge in [0.1, 0.15) is 22.8 Å². The van der Waals surface area contributed by atoms with Gasteiger partial charge in [-0.1, -0.05) is 5.16 Å². The summed E-state index contributed by atoms with van der Waals surface area (Å²) in [6, 6.07) is 5.86. The van der Waals surface area contributed by atoms with E-state index in [-0.39, 0.29) is 17.3 Å². The van der Waals surface area contributed by atoms with Crippen LogP contribution < -0.4 is 10.6 Å². The van der Waals surface area contributed by atoms with Crippen molar-refractivity contribution in [1.82, 2.24) is 20.7 Å². The second kappa shape index (κ2) is 6.12. The van der Waals surface area contributed by atoms with E-state index in [1.807, 2.05) is 0 Å². The standard InChI is InChI=1S/C18H20FN5O2/c1-11-14(15(23-26-11)12-2-4-13(19)5-3-12)16(25)24-8-6-18(7-9-24)10-21-17(20)22-18/h2-5H,6-10H2,1H3,(H3,20,21,22).